The van der Waals surface area contributed by atoms with Crippen molar-refractivity contribution >= 4 is 11.6 Å². The number of nitrogens with zero attached hydrogens (tertiary/aromatic N) is 3. The minimum Gasteiger partial charge on any atom is -0.613 e. The molecule has 0 N–H and O–H groups in total. The fourth-order valence-electron chi connectivity index (χ4n) is 3.16. The lowest BCUT2D eigenvalue weighted by molar-refractivity contribution is -0.662. The molecule has 0 aliphatic rings. The van der Waals surface area contributed by atoms with Gasteiger partial charge in [0.25, 0.3) is 11.5 Å². The van der Waals surface area contributed by atoms with E-state index in [1.165, 1.54) is 0 Å². The van der Waals surface area contributed by atoms with Crippen LogP contribution in [0, 0.1) is 6.92 Å². The smallest absolute Gasteiger partial charge is 0.285 e. The zero-order valence-corrected chi connectivity index (χ0v) is 14.7. The number of aryl methyl sites for hydroxylation is 1. The second-order valence-corrected chi connectivity index (χ2v) is 5.99. The van der Waals surface area contributed by atoms with Gasteiger partial charge in [-0.05, 0) is 29.4 Å². The van der Waals surface area contributed by atoms with Crippen LogP contribution >= 0.6 is 0 Å². The van der Waals surface area contributed by atoms with Crippen molar-refractivity contribution in [3.8, 4) is 16.8 Å². The quantitative estimate of drug-likeness (QED) is 0.530. The molecule has 2 heterocycles. The van der Waals surface area contributed by atoms with Crippen LogP contribution in [-0.2, 0) is 4.74 Å². The SMILES string of the molecule is CCO/C([O-])=c1/c(-c2ccccc2)cn2c(C)[n+](-c3ccccc3)nc12. The van der Waals surface area contributed by atoms with Crippen LogP contribution < -0.4 is 15.0 Å². The molecule has 4 aromatic rings. The summed E-state index contributed by atoms with van der Waals surface area (Å²) in [6.45, 7) is 4.11. The Morgan fingerprint density at radius 3 is 2.38 bits per heavy atom. The Bertz CT molecular complexity index is 1100. The van der Waals surface area contributed by atoms with E-state index in [4.69, 9.17) is 9.84 Å². The van der Waals surface area contributed by atoms with Gasteiger partial charge in [-0.2, -0.15) is 4.40 Å². The summed E-state index contributed by atoms with van der Waals surface area (Å²) in [4.78, 5) is 0. The molecule has 5 heteroatoms. The van der Waals surface area contributed by atoms with Crippen LogP contribution in [0.15, 0.2) is 66.9 Å². The van der Waals surface area contributed by atoms with E-state index in [2.05, 4.69) is 0 Å². The van der Waals surface area contributed by atoms with Crippen LogP contribution in [0.1, 0.15) is 12.7 Å². The molecular formula is C21H19N3O2. The highest BCUT2D eigenvalue weighted by atomic mass is 16.6. The molecule has 0 unspecified atom stereocenters. The number of ether oxygens (including phenoxy) is 1. The van der Waals surface area contributed by atoms with E-state index in [9.17, 15) is 5.11 Å². The normalized spacial score (nSPS) is 12.4. The zero-order valence-electron chi connectivity index (χ0n) is 14.7. The van der Waals surface area contributed by atoms with Gasteiger partial charge in [0.05, 0.1) is 11.2 Å². The summed E-state index contributed by atoms with van der Waals surface area (Å²) in [5.74, 6) is 0.561. The Morgan fingerprint density at radius 1 is 1.08 bits per heavy atom. The third kappa shape index (κ3) is 2.58. The van der Waals surface area contributed by atoms with Crippen molar-refractivity contribution in [1.82, 2.24) is 9.50 Å². The maximum absolute atomic E-state index is 12.7. The van der Waals surface area contributed by atoms with Crippen molar-refractivity contribution < 1.29 is 14.5 Å². The maximum Gasteiger partial charge on any atom is 0.285 e. The Kier molecular flexibility index (Phi) is 4.05. The molecule has 0 aliphatic heterocycles. The van der Waals surface area contributed by atoms with Gasteiger partial charge < -0.3 is 9.84 Å². The standard InChI is InChI=1S/C21H19N3O2/c1-3-26-21(25)19-18(16-10-6-4-7-11-16)14-23-15(2)24(22-20(19)23)17-12-8-5-9-13-17/h4-14H,3H2,1-2H3. The Balaban J connectivity index is 2.04. The molecule has 0 amide bonds. The lowest BCUT2D eigenvalue weighted by Crippen LogP contribution is -2.36. The molecule has 0 spiro atoms. The molecule has 0 bridgehead atoms. The molecule has 0 saturated heterocycles. The Hall–Kier alpha value is -3.34. The summed E-state index contributed by atoms with van der Waals surface area (Å²) in [7, 11) is 0. The first-order valence-corrected chi connectivity index (χ1v) is 8.59. The third-order valence-electron chi connectivity index (χ3n) is 4.39. The average molecular weight is 345 g/mol. The van der Waals surface area contributed by atoms with E-state index in [0.29, 0.717) is 17.5 Å². The van der Waals surface area contributed by atoms with E-state index in [-0.39, 0.29) is 5.95 Å². The van der Waals surface area contributed by atoms with Crippen LogP contribution in [0.2, 0.25) is 0 Å². The molecule has 26 heavy (non-hydrogen) atoms. The number of aromatic nitrogens is 3. The van der Waals surface area contributed by atoms with Gasteiger partial charge in [0.2, 0.25) is 0 Å². The zero-order chi connectivity index (χ0) is 18.1. The van der Waals surface area contributed by atoms with E-state index >= 15 is 0 Å². The van der Waals surface area contributed by atoms with Crippen LogP contribution in [0.25, 0.3) is 28.4 Å². The molecule has 2 aromatic heterocycles. The van der Waals surface area contributed by atoms with Crippen molar-refractivity contribution in [3.63, 3.8) is 0 Å². The summed E-state index contributed by atoms with van der Waals surface area (Å²) in [5, 5.41) is 17.9. The molecule has 130 valence electrons. The molecule has 4 rings (SSSR count). The largest absolute Gasteiger partial charge is 0.613 e. The fraction of sp³-hybridized carbons (Fsp3) is 0.143. The van der Waals surface area contributed by atoms with Crippen LogP contribution in [0.3, 0.4) is 0 Å². The van der Waals surface area contributed by atoms with Gasteiger partial charge in [-0.15, -0.1) is 0 Å². The first-order valence-electron chi connectivity index (χ1n) is 8.59. The van der Waals surface area contributed by atoms with E-state index < -0.39 is 0 Å². The molecule has 0 fully saturated rings. The van der Waals surface area contributed by atoms with Gasteiger partial charge in [0.1, 0.15) is 6.20 Å². The topological polar surface area (TPSA) is 53.5 Å². The second kappa shape index (κ2) is 6.52. The van der Waals surface area contributed by atoms with E-state index in [1.54, 1.807) is 6.92 Å². The number of fused-ring (bicyclic) bond motifs is 1. The van der Waals surface area contributed by atoms with Gasteiger partial charge in [-0.25, -0.2) is 0 Å². The van der Waals surface area contributed by atoms with Crippen molar-refractivity contribution in [3.05, 3.63) is 77.9 Å². The van der Waals surface area contributed by atoms with Crippen molar-refractivity contribution in [2.75, 3.05) is 6.61 Å². The van der Waals surface area contributed by atoms with Crippen LogP contribution in [0.4, 0.5) is 0 Å². The lowest BCUT2D eigenvalue weighted by Gasteiger charge is -2.11. The first-order chi connectivity index (χ1) is 12.7. The second-order valence-electron chi connectivity index (χ2n) is 5.99. The highest BCUT2D eigenvalue weighted by Crippen LogP contribution is 2.18. The molecule has 0 saturated carbocycles. The highest BCUT2D eigenvalue weighted by molar-refractivity contribution is 5.71. The summed E-state index contributed by atoms with van der Waals surface area (Å²) in [6.07, 6.45) is 1.96. The number of rotatable bonds is 4. The van der Waals surface area contributed by atoms with E-state index in [1.807, 2.05) is 82.9 Å². The van der Waals surface area contributed by atoms with Gasteiger partial charge in [-0.1, -0.05) is 60.1 Å². The number of hydrogen-bond acceptors (Lipinski definition) is 3. The lowest BCUT2D eigenvalue weighted by atomic mass is 10.1. The monoisotopic (exact) mass is 345 g/mol. The van der Waals surface area contributed by atoms with Crippen molar-refractivity contribution in [2.24, 2.45) is 0 Å². The Morgan fingerprint density at radius 2 is 1.73 bits per heavy atom. The summed E-state index contributed by atoms with van der Waals surface area (Å²) in [6, 6.07) is 19.7. The minimum absolute atomic E-state index is 0.322. The maximum atomic E-state index is 12.7. The average Bonchev–Trinajstić information content (AvgIpc) is 3.20. The Labute approximate surface area is 151 Å². The van der Waals surface area contributed by atoms with Gasteiger partial charge in [-0.3, -0.25) is 0 Å². The molecule has 0 atom stereocenters. The van der Waals surface area contributed by atoms with E-state index in [0.717, 1.165) is 22.6 Å². The number of hydrogen-bond donors (Lipinski definition) is 0. The first kappa shape index (κ1) is 16.1. The highest BCUT2D eigenvalue weighted by Gasteiger charge is 2.23. The number of benzene rings is 2. The summed E-state index contributed by atoms with van der Waals surface area (Å²) >= 11 is 0. The summed E-state index contributed by atoms with van der Waals surface area (Å²) < 4.78 is 9.10. The molecule has 5 nitrogen and oxygen atoms in total. The third-order valence-corrected chi connectivity index (χ3v) is 4.39. The van der Waals surface area contributed by atoms with Gasteiger partial charge in [0.15, 0.2) is 5.69 Å². The molecule has 0 radical (unpaired) electrons. The van der Waals surface area contributed by atoms with Crippen molar-refractivity contribution in [2.45, 2.75) is 13.8 Å². The molecule has 2 aromatic carbocycles. The minimum atomic E-state index is -0.355. The summed E-state index contributed by atoms with van der Waals surface area (Å²) in [5.41, 5.74) is 3.34. The predicted octanol–water partition coefficient (Wildman–Crippen LogP) is 1.77. The fourth-order valence-corrected chi connectivity index (χ4v) is 3.16. The van der Waals surface area contributed by atoms with Crippen LogP contribution in [-0.4, -0.2) is 16.1 Å². The molecular weight excluding hydrogens is 326 g/mol. The van der Waals surface area contributed by atoms with Crippen molar-refractivity contribution in [1.29, 1.82) is 0 Å². The predicted molar refractivity (Wildman–Crippen MR) is 97.1 cm³/mol. The van der Waals surface area contributed by atoms with Gasteiger partial charge in [0, 0.05) is 12.5 Å². The van der Waals surface area contributed by atoms with Crippen LogP contribution in [0.5, 0.6) is 0 Å². The number of para-hydroxylation sites is 1. The molecule has 0 aliphatic carbocycles. The van der Waals surface area contributed by atoms with Gasteiger partial charge >= 0.3 is 0 Å².